The molecule has 2 atom stereocenters. The third-order valence-electron chi connectivity index (χ3n) is 5.09. The molecule has 4 rings (SSSR count). The number of rotatable bonds is 4. The van der Waals surface area contributed by atoms with Gasteiger partial charge in [0.2, 0.25) is 10.0 Å². The molecule has 5 nitrogen and oxygen atoms in total. The summed E-state index contributed by atoms with van der Waals surface area (Å²) in [4.78, 5) is 0.398. The second-order valence-corrected chi connectivity index (χ2v) is 9.24. The normalized spacial score (nSPS) is 27.0. The van der Waals surface area contributed by atoms with Gasteiger partial charge in [-0.15, -0.1) is 0 Å². The smallest absolute Gasteiger partial charge is 0.207 e. The van der Waals surface area contributed by atoms with Gasteiger partial charge in [0, 0.05) is 13.1 Å². The maximum absolute atomic E-state index is 13.1. The molecule has 1 saturated heterocycles. The average molecular weight is 376 g/mol. The molecular formula is C18H21N3O2S2. The first-order chi connectivity index (χ1) is 12.1. The van der Waals surface area contributed by atoms with Crippen LogP contribution in [0.1, 0.15) is 18.4 Å². The Hall–Kier alpha value is -1.57. The quantitative estimate of drug-likeness (QED) is 0.812. The lowest BCUT2D eigenvalue weighted by Crippen LogP contribution is -2.42. The van der Waals surface area contributed by atoms with Gasteiger partial charge >= 0.3 is 0 Å². The van der Waals surface area contributed by atoms with Gasteiger partial charge in [0.15, 0.2) is 0 Å². The molecule has 0 amide bonds. The summed E-state index contributed by atoms with van der Waals surface area (Å²) in [5, 5.41) is 0. The summed E-state index contributed by atoms with van der Waals surface area (Å²) in [7, 11) is -3.46. The third-order valence-corrected chi connectivity index (χ3v) is 7.77. The van der Waals surface area contributed by atoms with E-state index in [1.807, 2.05) is 12.1 Å². The maximum atomic E-state index is 13.1. The van der Waals surface area contributed by atoms with Crippen molar-refractivity contribution < 1.29 is 8.42 Å². The molecule has 0 N–H and O–H groups in total. The van der Waals surface area contributed by atoms with Crippen molar-refractivity contribution in [3.8, 4) is 0 Å². The van der Waals surface area contributed by atoms with E-state index < -0.39 is 10.0 Å². The molecule has 132 valence electrons. The molecule has 7 heteroatoms. The zero-order chi connectivity index (χ0) is 17.3. The highest BCUT2D eigenvalue weighted by molar-refractivity contribution is 7.93. The predicted molar refractivity (Wildman–Crippen MR) is 100 cm³/mol. The summed E-state index contributed by atoms with van der Waals surface area (Å²) < 4.78 is 36.3. The molecule has 1 aromatic rings. The molecule has 0 spiro atoms. The topological polar surface area (TPSA) is 62.1 Å². The molecule has 0 bridgehead atoms. The van der Waals surface area contributed by atoms with Gasteiger partial charge in [0.05, 0.1) is 16.3 Å². The Morgan fingerprint density at radius 2 is 1.88 bits per heavy atom. The minimum absolute atomic E-state index is 0.143. The minimum Gasteiger partial charge on any atom is -0.207 e. The van der Waals surface area contributed by atoms with Gasteiger partial charge < -0.3 is 0 Å². The van der Waals surface area contributed by atoms with Crippen LogP contribution in [0.3, 0.4) is 0 Å². The van der Waals surface area contributed by atoms with Crippen molar-refractivity contribution in [1.29, 1.82) is 0 Å². The number of piperidine rings is 1. The summed E-state index contributed by atoms with van der Waals surface area (Å²) in [5.41, 5.74) is 1.33. The van der Waals surface area contributed by atoms with Crippen molar-refractivity contribution in [1.82, 2.24) is 4.31 Å². The Morgan fingerprint density at radius 1 is 1.12 bits per heavy atom. The molecule has 2 heterocycles. The highest BCUT2D eigenvalue weighted by atomic mass is 32.2. The molecule has 0 aromatic heterocycles. The van der Waals surface area contributed by atoms with E-state index in [2.05, 4.69) is 33.0 Å². The van der Waals surface area contributed by atoms with Gasteiger partial charge in [-0.2, -0.15) is 4.31 Å². The molecule has 3 aliphatic rings. The standard InChI is InChI=1S/C18H21N3O2S2/c22-25(23,17-8-4-7-16-18(17)20-24-19-16)21-11-9-15(10-12-21)13-14-5-2-1-3-6-14/h1-8,15-16,18H,9-13H2. The van der Waals surface area contributed by atoms with Gasteiger partial charge in [0.25, 0.3) is 0 Å². The van der Waals surface area contributed by atoms with E-state index in [1.165, 1.54) is 5.56 Å². The number of nitrogens with zero attached hydrogens (tertiary/aromatic N) is 3. The molecule has 0 radical (unpaired) electrons. The van der Waals surface area contributed by atoms with Crippen molar-refractivity contribution >= 4 is 21.4 Å². The van der Waals surface area contributed by atoms with E-state index in [9.17, 15) is 8.42 Å². The van der Waals surface area contributed by atoms with Gasteiger partial charge in [-0.3, -0.25) is 0 Å². The Balaban J connectivity index is 1.42. The number of allylic oxidation sites excluding steroid dienone is 2. The molecule has 1 aromatic carbocycles. The fourth-order valence-electron chi connectivity index (χ4n) is 3.66. The van der Waals surface area contributed by atoms with Gasteiger partial charge in [-0.25, -0.2) is 17.1 Å². The third kappa shape index (κ3) is 3.41. The van der Waals surface area contributed by atoms with Gasteiger partial charge in [-0.05, 0) is 36.8 Å². The highest BCUT2D eigenvalue weighted by Crippen LogP contribution is 2.31. The second kappa shape index (κ2) is 6.97. The van der Waals surface area contributed by atoms with Crippen LogP contribution in [0, 0.1) is 5.92 Å². The lowest BCUT2D eigenvalue weighted by molar-refractivity contribution is 0.274. The molecule has 1 fully saturated rings. The number of benzene rings is 1. The van der Waals surface area contributed by atoms with Crippen LogP contribution in [0.5, 0.6) is 0 Å². The van der Waals surface area contributed by atoms with Gasteiger partial charge in [0.1, 0.15) is 12.1 Å². The molecule has 25 heavy (non-hydrogen) atoms. The number of fused-ring (bicyclic) bond motifs is 1. The zero-order valence-corrected chi connectivity index (χ0v) is 15.5. The first-order valence-electron chi connectivity index (χ1n) is 8.63. The first kappa shape index (κ1) is 16.9. The number of hydrogen-bond acceptors (Lipinski definition) is 4. The van der Waals surface area contributed by atoms with E-state index in [-0.39, 0.29) is 12.1 Å². The summed E-state index contributed by atoms with van der Waals surface area (Å²) in [6.45, 7) is 1.17. The first-order valence-corrected chi connectivity index (χ1v) is 10.8. The van der Waals surface area contributed by atoms with Crippen molar-refractivity contribution in [3.05, 3.63) is 59.0 Å². The lowest BCUT2D eigenvalue weighted by Gasteiger charge is -2.33. The van der Waals surface area contributed by atoms with Crippen molar-refractivity contribution in [2.24, 2.45) is 14.6 Å². The Bertz CT molecular complexity index is 863. The summed E-state index contributed by atoms with van der Waals surface area (Å²) in [6.07, 6.45) is 8.23. The Labute approximate surface area is 152 Å². The van der Waals surface area contributed by atoms with Crippen molar-refractivity contribution in [3.63, 3.8) is 0 Å². The van der Waals surface area contributed by atoms with Crippen LogP contribution in [0.2, 0.25) is 0 Å². The summed E-state index contributed by atoms with van der Waals surface area (Å²) in [5.74, 6) is 0.545. The SMILES string of the molecule is O=S(=O)(C1=CC=CC2N=S=NC12)N1CCC(Cc2ccccc2)CC1. The highest BCUT2D eigenvalue weighted by Gasteiger charge is 2.39. The maximum Gasteiger partial charge on any atom is 0.241 e. The Kier molecular flexibility index (Phi) is 4.71. The molecule has 2 aliphatic heterocycles. The fourth-order valence-corrected chi connectivity index (χ4v) is 6.16. The van der Waals surface area contributed by atoms with E-state index in [0.717, 1.165) is 30.6 Å². The van der Waals surface area contributed by atoms with Crippen LogP contribution in [0.4, 0.5) is 0 Å². The average Bonchev–Trinajstić information content (AvgIpc) is 3.11. The lowest BCUT2D eigenvalue weighted by atomic mass is 9.91. The molecule has 0 saturated carbocycles. The van der Waals surface area contributed by atoms with Crippen molar-refractivity contribution in [2.45, 2.75) is 31.3 Å². The largest absolute Gasteiger partial charge is 0.241 e. The minimum atomic E-state index is -3.46. The van der Waals surface area contributed by atoms with Crippen LogP contribution < -0.4 is 0 Å². The predicted octanol–water partition coefficient (Wildman–Crippen LogP) is 2.93. The van der Waals surface area contributed by atoms with E-state index >= 15 is 0 Å². The monoisotopic (exact) mass is 375 g/mol. The second-order valence-electron chi connectivity index (χ2n) is 6.72. The summed E-state index contributed by atoms with van der Waals surface area (Å²) in [6, 6.07) is 9.93. The zero-order valence-electron chi connectivity index (χ0n) is 13.9. The fraction of sp³-hybridized carbons (Fsp3) is 0.444. The van der Waals surface area contributed by atoms with E-state index in [4.69, 9.17) is 0 Å². The molecular weight excluding hydrogens is 354 g/mol. The van der Waals surface area contributed by atoms with Crippen LogP contribution >= 0.6 is 0 Å². The van der Waals surface area contributed by atoms with E-state index in [1.54, 1.807) is 16.5 Å². The molecule has 1 aliphatic carbocycles. The number of hydrogen-bond donors (Lipinski definition) is 0. The van der Waals surface area contributed by atoms with Crippen LogP contribution in [-0.2, 0) is 27.8 Å². The van der Waals surface area contributed by atoms with Gasteiger partial charge in [-0.1, -0.05) is 42.5 Å². The van der Waals surface area contributed by atoms with E-state index in [0.29, 0.717) is 23.9 Å². The van der Waals surface area contributed by atoms with Crippen LogP contribution in [0.15, 0.2) is 62.2 Å². The summed E-state index contributed by atoms with van der Waals surface area (Å²) >= 11 is 1.12. The van der Waals surface area contributed by atoms with Crippen LogP contribution in [0.25, 0.3) is 0 Å². The Morgan fingerprint density at radius 3 is 2.64 bits per heavy atom. The number of sulfonamides is 1. The van der Waals surface area contributed by atoms with Crippen LogP contribution in [-0.4, -0.2) is 37.9 Å². The molecule has 2 unspecified atom stereocenters. The van der Waals surface area contributed by atoms with Crippen molar-refractivity contribution in [2.75, 3.05) is 13.1 Å².